The molecule has 0 radical (unpaired) electrons. The number of azo groups is 1. The van der Waals surface area contributed by atoms with Gasteiger partial charge in [-0.15, -0.1) is 10.2 Å². The first-order valence-corrected chi connectivity index (χ1v) is 9.30. The van der Waals surface area contributed by atoms with E-state index < -0.39 is 0 Å². The molecule has 29 heavy (non-hydrogen) atoms. The lowest BCUT2D eigenvalue weighted by molar-refractivity contribution is -0.139. The molecule has 2 rings (SSSR count). The van der Waals surface area contributed by atoms with Crippen molar-refractivity contribution in [3.8, 4) is 5.75 Å². The van der Waals surface area contributed by atoms with Crippen molar-refractivity contribution in [2.75, 3.05) is 17.6 Å². The number of nitrogens with one attached hydrogen (secondary N) is 1. The van der Waals surface area contributed by atoms with E-state index in [4.69, 9.17) is 16.2 Å². The molecule has 2 aromatic rings. The number of anilines is 2. The number of pyridine rings is 1. The fourth-order valence-electron chi connectivity index (χ4n) is 2.17. The van der Waals surface area contributed by atoms with Crippen LogP contribution < -0.4 is 21.5 Å². The van der Waals surface area contributed by atoms with E-state index >= 15 is 0 Å². The monoisotopic (exact) mass is 398 g/mol. The van der Waals surface area contributed by atoms with Gasteiger partial charge in [0.25, 0.3) is 0 Å². The smallest absolute Gasteiger partial charge is 0.314 e. The Kier molecular flexibility index (Phi) is 7.79. The number of carbonyl (C=O) groups is 2. The Labute approximate surface area is 169 Å². The van der Waals surface area contributed by atoms with Gasteiger partial charge in [0.05, 0.1) is 5.92 Å². The number of nitrogens with zero attached hydrogens (tertiary/aromatic N) is 3. The molecule has 0 bridgehead atoms. The Morgan fingerprint density at radius 2 is 1.79 bits per heavy atom. The Balaban J connectivity index is 2.16. The van der Waals surface area contributed by atoms with Gasteiger partial charge in [0.2, 0.25) is 5.91 Å². The van der Waals surface area contributed by atoms with Crippen molar-refractivity contribution in [1.29, 1.82) is 0 Å². The zero-order chi connectivity index (χ0) is 21.4. The highest BCUT2D eigenvalue weighted by Gasteiger charge is 2.20. The minimum Gasteiger partial charge on any atom is -0.424 e. The second kappa shape index (κ2) is 10.3. The predicted molar refractivity (Wildman–Crippen MR) is 111 cm³/mol. The fraction of sp³-hybridized carbons (Fsp3) is 0.350. The molecule has 0 unspecified atom stereocenters. The van der Waals surface area contributed by atoms with Gasteiger partial charge in [0.1, 0.15) is 17.2 Å². The number of rotatable bonds is 8. The third-order valence-corrected chi connectivity index (χ3v) is 4.25. The molecule has 0 saturated heterocycles. The number of esters is 1. The van der Waals surface area contributed by atoms with E-state index in [1.807, 2.05) is 20.8 Å². The van der Waals surface area contributed by atoms with E-state index in [1.54, 1.807) is 36.4 Å². The van der Waals surface area contributed by atoms with E-state index in [-0.39, 0.29) is 42.5 Å². The fourth-order valence-corrected chi connectivity index (χ4v) is 2.17. The van der Waals surface area contributed by atoms with E-state index in [9.17, 15) is 9.59 Å². The maximum Gasteiger partial charge on any atom is 0.314 e. The van der Waals surface area contributed by atoms with Crippen LogP contribution in [0, 0.1) is 11.8 Å². The van der Waals surface area contributed by atoms with Crippen LogP contribution in [0.25, 0.3) is 0 Å². The maximum atomic E-state index is 12.2. The molecule has 1 aromatic heterocycles. The number of carbonyl (C=O) groups excluding carboxylic acids is 2. The van der Waals surface area contributed by atoms with Gasteiger partial charge in [-0.2, -0.15) is 0 Å². The summed E-state index contributed by atoms with van der Waals surface area (Å²) in [6.07, 6.45) is 0.188. The molecule has 0 fully saturated rings. The van der Waals surface area contributed by atoms with Gasteiger partial charge in [0.15, 0.2) is 11.6 Å². The molecular weight excluding hydrogens is 372 g/mol. The summed E-state index contributed by atoms with van der Waals surface area (Å²) in [5, 5.41) is 10.8. The third kappa shape index (κ3) is 6.35. The average molecular weight is 398 g/mol. The standard InChI is InChI=1S/C20H26N6O3/c1-12(2)13(3)20(28)29-16-7-5-4-6-14(16)25-26-15-8-9-17(24-19(15)22)23-18(27)10-11-21/h4-9,12-13H,10-11,21H2,1-3H3,(H3,22,23,24,27)/t13-/m0/s1. The summed E-state index contributed by atoms with van der Waals surface area (Å²) in [5.74, 6) is 0.0412. The predicted octanol–water partition coefficient (Wildman–Crippen LogP) is 3.56. The highest BCUT2D eigenvalue weighted by atomic mass is 16.5. The summed E-state index contributed by atoms with van der Waals surface area (Å²) in [6, 6.07) is 9.98. The zero-order valence-corrected chi connectivity index (χ0v) is 16.8. The third-order valence-electron chi connectivity index (χ3n) is 4.25. The van der Waals surface area contributed by atoms with E-state index in [0.717, 1.165) is 0 Å². The number of hydrogen-bond donors (Lipinski definition) is 3. The lowest BCUT2D eigenvalue weighted by Gasteiger charge is -2.14. The van der Waals surface area contributed by atoms with Crippen molar-refractivity contribution in [2.24, 2.45) is 27.8 Å². The highest BCUT2D eigenvalue weighted by molar-refractivity contribution is 5.90. The molecule has 1 amide bonds. The minimum absolute atomic E-state index is 0.0993. The van der Waals surface area contributed by atoms with Crippen molar-refractivity contribution < 1.29 is 14.3 Å². The van der Waals surface area contributed by atoms with Crippen LogP contribution in [-0.2, 0) is 9.59 Å². The SMILES string of the molecule is CC(C)[C@H](C)C(=O)Oc1ccccc1N=Nc1ccc(NC(=O)CCN)nc1N. The molecule has 0 aliphatic heterocycles. The van der Waals surface area contributed by atoms with Crippen LogP contribution in [0.5, 0.6) is 5.75 Å². The molecule has 1 aromatic carbocycles. The Bertz CT molecular complexity index is 898. The van der Waals surface area contributed by atoms with E-state index in [1.165, 1.54) is 0 Å². The average Bonchev–Trinajstić information content (AvgIpc) is 2.67. The van der Waals surface area contributed by atoms with Crippen LogP contribution in [0.15, 0.2) is 46.6 Å². The molecule has 9 heteroatoms. The second-order valence-corrected chi connectivity index (χ2v) is 6.81. The van der Waals surface area contributed by atoms with Crippen LogP contribution in [-0.4, -0.2) is 23.4 Å². The molecule has 0 aliphatic rings. The largest absolute Gasteiger partial charge is 0.424 e. The molecule has 154 valence electrons. The van der Waals surface area contributed by atoms with Gasteiger partial charge in [0, 0.05) is 13.0 Å². The number of hydrogen-bond acceptors (Lipinski definition) is 8. The second-order valence-electron chi connectivity index (χ2n) is 6.81. The van der Waals surface area contributed by atoms with Gasteiger partial charge < -0.3 is 21.5 Å². The van der Waals surface area contributed by atoms with Gasteiger partial charge in [-0.1, -0.05) is 32.9 Å². The summed E-state index contributed by atoms with van der Waals surface area (Å²) in [5.41, 5.74) is 11.9. The van der Waals surface area contributed by atoms with Gasteiger partial charge in [-0.25, -0.2) is 4.98 Å². The summed E-state index contributed by atoms with van der Waals surface area (Å²) < 4.78 is 5.48. The van der Waals surface area contributed by atoms with E-state index in [0.29, 0.717) is 22.9 Å². The van der Waals surface area contributed by atoms with Crippen LogP contribution >= 0.6 is 0 Å². The minimum atomic E-state index is -0.332. The summed E-state index contributed by atoms with van der Waals surface area (Å²) in [7, 11) is 0. The Morgan fingerprint density at radius 1 is 1.10 bits per heavy atom. The highest BCUT2D eigenvalue weighted by Crippen LogP contribution is 2.31. The van der Waals surface area contributed by atoms with Crippen LogP contribution in [0.3, 0.4) is 0 Å². The van der Waals surface area contributed by atoms with Gasteiger partial charge in [-0.3, -0.25) is 9.59 Å². The number of aromatic nitrogens is 1. The van der Waals surface area contributed by atoms with Crippen molar-refractivity contribution in [1.82, 2.24) is 4.98 Å². The van der Waals surface area contributed by atoms with Crippen molar-refractivity contribution in [2.45, 2.75) is 27.2 Å². The van der Waals surface area contributed by atoms with E-state index in [2.05, 4.69) is 20.5 Å². The maximum absolute atomic E-state index is 12.2. The number of ether oxygens (including phenoxy) is 1. The normalized spacial score (nSPS) is 12.2. The first-order valence-electron chi connectivity index (χ1n) is 9.30. The van der Waals surface area contributed by atoms with Crippen LogP contribution in [0.4, 0.5) is 23.0 Å². The summed E-state index contributed by atoms with van der Waals surface area (Å²) in [4.78, 5) is 27.9. The van der Waals surface area contributed by atoms with Crippen molar-refractivity contribution in [3.05, 3.63) is 36.4 Å². The lowest BCUT2D eigenvalue weighted by Crippen LogP contribution is -2.22. The molecule has 1 atom stereocenters. The quantitative estimate of drug-likeness (QED) is 0.352. The van der Waals surface area contributed by atoms with Crippen molar-refractivity contribution >= 4 is 34.9 Å². The molecule has 0 spiro atoms. The molecule has 0 saturated carbocycles. The topological polar surface area (TPSA) is 145 Å². The number of benzene rings is 1. The molecule has 1 heterocycles. The van der Waals surface area contributed by atoms with Crippen molar-refractivity contribution in [3.63, 3.8) is 0 Å². The number of amides is 1. The molecule has 5 N–H and O–H groups in total. The molecular formula is C20H26N6O3. The summed E-state index contributed by atoms with van der Waals surface area (Å²) in [6.45, 7) is 5.97. The first kappa shape index (κ1) is 22.0. The lowest BCUT2D eigenvalue weighted by atomic mass is 9.99. The molecule has 9 nitrogen and oxygen atoms in total. The zero-order valence-electron chi connectivity index (χ0n) is 16.8. The Morgan fingerprint density at radius 3 is 2.45 bits per heavy atom. The number of nitrogens with two attached hydrogens (primary N) is 2. The number of para-hydroxylation sites is 1. The summed E-state index contributed by atoms with van der Waals surface area (Å²) >= 11 is 0. The Hall–Kier alpha value is -3.33. The van der Waals surface area contributed by atoms with Crippen LogP contribution in [0.1, 0.15) is 27.2 Å². The van der Waals surface area contributed by atoms with Gasteiger partial charge >= 0.3 is 5.97 Å². The number of nitrogen functional groups attached to an aromatic ring is 1. The van der Waals surface area contributed by atoms with Gasteiger partial charge in [-0.05, 0) is 30.2 Å². The molecule has 0 aliphatic carbocycles. The van der Waals surface area contributed by atoms with Crippen LogP contribution in [0.2, 0.25) is 0 Å². The first-order chi connectivity index (χ1) is 13.8.